The van der Waals surface area contributed by atoms with Gasteiger partial charge in [-0.2, -0.15) is 0 Å². The largest absolute Gasteiger partial charge is 0.472 e. The highest BCUT2D eigenvalue weighted by Crippen LogP contribution is 2.43. The van der Waals surface area contributed by atoms with Gasteiger partial charge in [0.15, 0.2) is 6.10 Å². The van der Waals surface area contributed by atoms with Crippen LogP contribution >= 0.6 is 7.82 Å². The highest BCUT2D eigenvalue weighted by atomic mass is 31.2. The normalized spacial score (nSPS) is 13.2. The molecular weight excluding hydrogens is 834 g/mol. The first-order valence-corrected chi connectivity index (χ1v) is 29.3. The first kappa shape index (κ1) is 63.5. The van der Waals surface area contributed by atoms with Crippen molar-refractivity contribution in [2.24, 2.45) is 5.73 Å². The third-order valence-corrected chi connectivity index (χ3v) is 13.3. The zero-order valence-electron chi connectivity index (χ0n) is 42.7. The van der Waals surface area contributed by atoms with Crippen LogP contribution in [0.4, 0.5) is 0 Å². The van der Waals surface area contributed by atoms with Crippen LogP contribution in [-0.4, -0.2) is 49.3 Å². The molecule has 0 aromatic rings. The minimum Gasteiger partial charge on any atom is -0.462 e. The number of carbonyl (C=O) groups excluding carboxylic acids is 2. The molecule has 0 heterocycles. The van der Waals surface area contributed by atoms with Crippen molar-refractivity contribution in [2.75, 3.05) is 26.4 Å². The summed E-state index contributed by atoms with van der Waals surface area (Å²) in [7, 11) is -4.38. The number of hydrogen-bond acceptors (Lipinski definition) is 8. The zero-order valence-corrected chi connectivity index (χ0v) is 43.6. The lowest BCUT2D eigenvalue weighted by Gasteiger charge is -2.19. The minimum atomic E-state index is -4.38. The number of allylic oxidation sites excluding steroid dienone is 4. The van der Waals surface area contributed by atoms with Gasteiger partial charge in [-0.05, 0) is 64.2 Å². The average molecular weight is 940 g/mol. The van der Waals surface area contributed by atoms with Crippen molar-refractivity contribution in [3.8, 4) is 0 Å². The van der Waals surface area contributed by atoms with Crippen LogP contribution in [0.2, 0.25) is 0 Å². The molecule has 0 amide bonds. The van der Waals surface area contributed by atoms with E-state index in [1.807, 2.05) is 0 Å². The number of rotatable bonds is 53. The topological polar surface area (TPSA) is 134 Å². The Hall–Kier alpha value is -1.51. The van der Waals surface area contributed by atoms with Gasteiger partial charge in [-0.1, -0.05) is 231 Å². The molecular formula is C55H106NO8P. The van der Waals surface area contributed by atoms with E-state index < -0.39 is 26.5 Å². The van der Waals surface area contributed by atoms with Gasteiger partial charge in [0.1, 0.15) is 6.61 Å². The molecule has 3 N–H and O–H groups in total. The molecule has 9 nitrogen and oxygen atoms in total. The van der Waals surface area contributed by atoms with Crippen LogP contribution < -0.4 is 5.73 Å². The van der Waals surface area contributed by atoms with Crippen LogP contribution in [0, 0.1) is 0 Å². The van der Waals surface area contributed by atoms with Crippen molar-refractivity contribution < 1.29 is 37.6 Å². The number of esters is 2. The lowest BCUT2D eigenvalue weighted by Crippen LogP contribution is -2.29. The second-order valence-electron chi connectivity index (χ2n) is 18.8. The molecule has 0 saturated heterocycles. The number of unbranched alkanes of at least 4 members (excludes halogenated alkanes) is 36. The van der Waals surface area contributed by atoms with E-state index in [1.54, 1.807) is 0 Å². The molecule has 0 spiro atoms. The molecule has 2 unspecified atom stereocenters. The van der Waals surface area contributed by atoms with Crippen LogP contribution in [0.1, 0.15) is 284 Å². The number of nitrogens with two attached hydrogens (primary N) is 1. The van der Waals surface area contributed by atoms with Crippen molar-refractivity contribution >= 4 is 19.8 Å². The van der Waals surface area contributed by atoms with Gasteiger partial charge in [0.2, 0.25) is 0 Å². The van der Waals surface area contributed by atoms with E-state index in [9.17, 15) is 19.0 Å². The van der Waals surface area contributed by atoms with E-state index >= 15 is 0 Å². The van der Waals surface area contributed by atoms with Crippen LogP contribution in [0.25, 0.3) is 0 Å². The van der Waals surface area contributed by atoms with Crippen LogP contribution in [-0.2, 0) is 32.7 Å². The summed E-state index contributed by atoms with van der Waals surface area (Å²) in [5.41, 5.74) is 5.37. The second-order valence-corrected chi connectivity index (χ2v) is 20.3. The Morgan fingerprint density at radius 2 is 0.754 bits per heavy atom. The monoisotopic (exact) mass is 940 g/mol. The molecule has 10 heteroatoms. The predicted octanol–water partition coefficient (Wildman–Crippen LogP) is 17.1. The fourth-order valence-corrected chi connectivity index (χ4v) is 8.92. The second kappa shape index (κ2) is 51.9. The van der Waals surface area contributed by atoms with Crippen LogP contribution in [0.3, 0.4) is 0 Å². The Morgan fingerprint density at radius 3 is 1.09 bits per heavy atom. The summed E-state index contributed by atoms with van der Waals surface area (Å²) in [5, 5.41) is 0. The lowest BCUT2D eigenvalue weighted by atomic mass is 10.0. The van der Waals surface area contributed by atoms with Crippen LogP contribution in [0.15, 0.2) is 24.3 Å². The fraction of sp³-hybridized carbons (Fsp3) is 0.891. The smallest absolute Gasteiger partial charge is 0.462 e. The molecule has 65 heavy (non-hydrogen) atoms. The molecule has 0 aromatic heterocycles. The Bertz CT molecular complexity index is 1120. The Morgan fingerprint density at radius 1 is 0.446 bits per heavy atom. The first-order valence-electron chi connectivity index (χ1n) is 27.8. The number of phosphoric ester groups is 1. The van der Waals surface area contributed by atoms with Gasteiger partial charge in [-0.3, -0.25) is 18.6 Å². The van der Waals surface area contributed by atoms with E-state index in [2.05, 4.69) is 38.2 Å². The molecule has 2 atom stereocenters. The van der Waals surface area contributed by atoms with E-state index in [0.717, 1.165) is 38.5 Å². The molecule has 0 saturated carbocycles. The van der Waals surface area contributed by atoms with E-state index in [0.29, 0.717) is 6.42 Å². The number of ether oxygens (including phenoxy) is 2. The first-order chi connectivity index (χ1) is 31.8. The minimum absolute atomic E-state index is 0.0548. The highest BCUT2D eigenvalue weighted by molar-refractivity contribution is 7.47. The Balaban J connectivity index is 3.94. The van der Waals surface area contributed by atoms with Gasteiger partial charge in [0.25, 0.3) is 0 Å². The van der Waals surface area contributed by atoms with E-state index in [4.69, 9.17) is 24.3 Å². The molecule has 0 radical (unpaired) electrons. The van der Waals surface area contributed by atoms with Gasteiger partial charge in [-0.25, -0.2) is 4.57 Å². The standard InChI is InChI=1S/C55H106NO8P/c1-3-5-7-9-11-13-15-17-19-21-22-23-24-25-26-27-28-29-30-32-34-36-38-40-42-44-46-48-55(58)64-53(52-63-65(59,60)62-50-49-56)51-61-54(57)47-45-43-41-39-37-35-33-31-20-18-16-14-12-10-8-6-4-2/h18,20-22,53H,3-17,19,23-52,56H2,1-2H3,(H,59,60)/b20-18-,22-21-. The van der Waals surface area contributed by atoms with E-state index in [-0.39, 0.29) is 38.6 Å². The SMILES string of the molecule is CCCCCCCC/C=C\CCCCCCCCCC(=O)OCC(COP(=O)(O)OCCN)OC(=O)CCCCCCCCCCCCCCCCC/C=C\CCCCCCCCCC. The summed E-state index contributed by atoms with van der Waals surface area (Å²) < 4.78 is 33.0. The number of phosphoric acid groups is 1. The fourth-order valence-electron chi connectivity index (χ4n) is 8.16. The molecule has 384 valence electrons. The summed E-state index contributed by atoms with van der Waals surface area (Å²) in [4.78, 5) is 35.1. The van der Waals surface area contributed by atoms with Crippen molar-refractivity contribution in [1.29, 1.82) is 0 Å². The summed E-state index contributed by atoms with van der Waals surface area (Å²) >= 11 is 0. The molecule has 0 aliphatic rings. The maximum absolute atomic E-state index is 12.7. The quantitative estimate of drug-likeness (QED) is 0.0264. The van der Waals surface area contributed by atoms with Crippen molar-refractivity contribution in [1.82, 2.24) is 0 Å². The molecule has 0 aliphatic heterocycles. The number of carbonyl (C=O) groups is 2. The highest BCUT2D eigenvalue weighted by Gasteiger charge is 2.26. The Kier molecular flexibility index (Phi) is 50.7. The molecule has 0 aromatic carbocycles. The predicted molar refractivity (Wildman–Crippen MR) is 275 cm³/mol. The molecule has 0 aliphatic carbocycles. The molecule has 0 rings (SSSR count). The van der Waals surface area contributed by atoms with Gasteiger partial charge < -0.3 is 20.1 Å². The maximum Gasteiger partial charge on any atom is 0.472 e. The van der Waals surface area contributed by atoms with Crippen molar-refractivity contribution in [2.45, 2.75) is 290 Å². The summed E-state index contributed by atoms with van der Waals surface area (Å²) in [6, 6.07) is 0. The molecule has 0 bridgehead atoms. The zero-order chi connectivity index (χ0) is 47.4. The maximum atomic E-state index is 12.7. The third kappa shape index (κ3) is 51.7. The third-order valence-electron chi connectivity index (χ3n) is 12.3. The van der Waals surface area contributed by atoms with Gasteiger partial charge in [-0.15, -0.1) is 0 Å². The van der Waals surface area contributed by atoms with Gasteiger partial charge in [0, 0.05) is 19.4 Å². The summed E-state index contributed by atoms with van der Waals surface area (Å²) in [6.45, 7) is 3.78. The Labute approximate surface area is 402 Å². The summed E-state index contributed by atoms with van der Waals surface area (Å²) in [5.74, 6) is -0.819. The van der Waals surface area contributed by atoms with Gasteiger partial charge in [0.05, 0.1) is 13.2 Å². The van der Waals surface area contributed by atoms with Crippen LogP contribution in [0.5, 0.6) is 0 Å². The average Bonchev–Trinajstić information content (AvgIpc) is 3.30. The van der Waals surface area contributed by atoms with Crippen molar-refractivity contribution in [3.63, 3.8) is 0 Å². The van der Waals surface area contributed by atoms with Crippen molar-refractivity contribution in [3.05, 3.63) is 24.3 Å². The number of hydrogen-bond donors (Lipinski definition) is 2. The van der Waals surface area contributed by atoms with Gasteiger partial charge >= 0.3 is 19.8 Å². The summed E-state index contributed by atoms with van der Waals surface area (Å²) in [6.07, 6.45) is 59.4. The lowest BCUT2D eigenvalue weighted by molar-refractivity contribution is -0.161. The van der Waals surface area contributed by atoms with E-state index in [1.165, 1.54) is 212 Å². The molecule has 0 fully saturated rings.